The Hall–Kier alpha value is -2.87. The van der Waals surface area contributed by atoms with Crippen molar-refractivity contribution in [2.45, 2.75) is 6.04 Å². The van der Waals surface area contributed by atoms with Gasteiger partial charge in [-0.1, -0.05) is 41.9 Å². The van der Waals surface area contributed by atoms with Gasteiger partial charge in [0.05, 0.1) is 17.5 Å². The highest BCUT2D eigenvalue weighted by molar-refractivity contribution is 6.30. The molecule has 2 heterocycles. The summed E-state index contributed by atoms with van der Waals surface area (Å²) in [4.78, 5) is 28.1. The van der Waals surface area contributed by atoms with E-state index in [1.807, 2.05) is 36.4 Å². The number of rotatable bonds is 3. The minimum atomic E-state index is -0.380. The summed E-state index contributed by atoms with van der Waals surface area (Å²) in [5, 5.41) is 1.43. The second kappa shape index (κ2) is 7.40. The first kappa shape index (κ1) is 17.5. The van der Waals surface area contributed by atoms with E-state index in [9.17, 15) is 9.59 Å². The fraction of sp³-hybridized carbons (Fsp3) is 0.158. The normalized spacial score (nSPS) is 19.1. The van der Waals surface area contributed by atoms with Crippen LogP contribution in [0.3, 0.4) is 0 Å². The Kier molecular flexibility index (Phi) is 4.81. The predicted octanol–water partition coefficient (Wildman–Crippen LogP) is 2.05. The number of aromatic amines is 1. The number of fused-ring (bicyclic) bond motifs is 1. The van der Waals surface area contributed by atoms with E-state index in [2.05, 4.69) is 26.7 Å². The Morgan fingerprint density at radius 1 is 1.04 bits per heavy atom. The Balaban J connectivity index is 1.42. The molecule has 1 fully saturated rings. The van der Waals surface area contributed by atoms with Gasteiger partial charge in [-0.25, -0.2) is 5.43 Å². The van der Waals surface area contributed by atoms with Gasteiger partial charge in [0.2, 0.25) is 5.91 Å². The van der Waals surface area contributed by atoms with Crippen LogP contribution in [-0.2, 0) is 4.79 Å². The summed E-state index contributed by atoms with van der Waals surface area (Å²) in [6, 6.07) is 14.6. The Morgan fingerprint density at radius 2 is 1.81 bits per heavy atom. The van der Waals surface area contributed by atoms with Crippen molar-refractivity contribution in [1.82, 2.24) is 26.7 Å². The first-order chi connectivity index (χ1) is 13.1. The van der Waals surface area contributed by atoms with E-state index < -0.39 is 0 Å². The molecule has 1 aliphatic rings. The number of H-pyrrole nitrogens is 1. The zero-order chi connectivity index (χ0) is 18.8. The van der Waals surface area contributed by atoms with Gasteiger partial charge in [-0.15, -0.1) is 0 Å². The summed E-state index contributed by atoms with van der Waals surface area (Å²) in [6.07, 6.45) is 1.63. The maximum atomic E-state index is 12.6. The van der Waals surface area contributed by atoms with Crippen LogP contribution >= 0.6 is 11.6 Å². The van der Waals surface area contributed by atoms with Gasteiger partial charge in [-0.2, -0.15) is 0 Å². The van der Waals surface area contributed by atoms with E-state index in [0.717, 1.165) is 16.5 Å². The van der Waals surface area contributed by atoms with Crippen molar-refractivity contribution >= 4 is 34.3 Å². The van der Waals surface area contributed by atoms with E-state index >= 15 is 0 Å². The molecule has 2 unspecified atom stereocenters. The average molecular weight is 384 g/mol. The minimum Gasteiger partial charge on any atom is -0.360 e. The molecule has 8 heteroatoms. The zero-order valence-corrected chi connectivity index (χ0v) is 15.0. The Bertz CT molecular complexity index is 985. The molecular formula is C19H18ClN5O2. The molecule has 3 aromatic rings. The number of amides is 2. The van der Waals surface area contributed by atoms with Crippen molar-refractivity contribution in [3.8, 4) is 0 Å². The van der Waals surface area contributed by atoms with Crippen LogP contribution in [-0.4, -0.2) is 23.3 Å². The van der Waals surface area contributed by atoms with Gasteiger partial charge in [-0.05, 0) is 23.8 Å². The van der Waals surface area contributed by atoms with Crippen molar-refractivity contribution in [3.05, 3.63) is 70.9 Å². The molecule has 7 nitrogen and oxygen atoms in total. The molecule has 0 bridgehead atoms. The highest BCUT2D eigenvalue weighted by atomic mass is 35.5. The molecular weight excluding hydrogens is 366 g/mol. The molecule has 0 aliphatic carbocycles. The maximum absolute atomic E-state index is 12.6. The van der Waals surface area contributed by atoms with Gasteiger partial charge in [0.15, 0.2) is 0 Å². The van der Waals surface area contributed by atoms with Crippen molar-refractivity contribution < 1.29 is 9.59 Å². The van der Waals surface area contributed by atoms with Crippen LogP contribution in [0.15, 0.2) is 54.7 Å². The number of carbonyl (C=O) groups excluding carboxylic acids is 2. The molecule has 0 radical (unpaired) electrons. The molecule has 2 atom stereocenters. The third kappa shape index (κ3) is 3.52. The molecule has 138 valence electrons. The number of hydrogen-bond donors (Lipinski definition) is 5. The number of benzene rings is 2. The average Bonchev–Trinajstić information content (AvgIpc) is 3.33. The van der Waals surface area contributed by atoms with E-state index in [1.165, 1.54) is 0 Å². The maximum Gasteiger partial charge on any atom is 0.271 e. The Labute approximate surface area is 160 Å². The highest BCUT2D eigenvalue weighted by Crippen LogP contribution is 2.26. The fourth-order valence-corrected chi connectivity index (χ4v) is 3.39. The van der Waals surface area contributed by atoms with Crippen LogP contribution in [0.2, 0.25) is 5.02 Å². The monoisotopic (exact) mass is 383 g/mol. The lowest BCUT2D eigenvalue weighted by molar-refractivity contribution is -0.125. The molecule has 5 N–H and O–H groups in total. The van der Waals surface area contributed by atoms with Gasteiger partial charge >= 0.3 is 0 Å². The zero-order valence-electron chi connectivity index (χ0n) is 14.3. The number of carbonyl (C=O) groups is 2. The number of para-hydroxylation sites is 1. The van der Waals surface area contributed by atoms with Crippen molar-refractivity contribution in [2.75, 3.05) is 6.54 Å². The number of hydrogen-bond acceptors (Lipinski definition) is 4. The van der Waals surface area contributed by atoms with Crippen LogP contribution < -0.4 is 21.7 Å². The lowest BCUT2D eigenvalue weighted by Crippen LogP contribution is -2.46. The molecule has 2 aromatic carbocycles. The third-order valence-electron chi connectivity index (χ3n) is 4.68. The molecule has 0 spiro atoms. The lowest BCUT2D eigenvalue weighted by Gasteiger charge is -2.18. The van der Waals surface area contributed by atoms with Crippen LogP contribution in [0.5, 0.6) is 0 Å². The molecule has 0 saturated carbocycles. The summed E-state index contributed by atoms with van der Waals surface area (Å²) < 4.78 is 0. The van der Waals surface area contributed by atoms with E-state index in [0.29, 0.717) is 17.1 Å². The number of halogens is 1. The summed E-state index contributed by atoms with van der Waals surface area (Å²) in [7, 11) is 0. The SMILES string of the molecule is O=C(NNC(=O)C1CNNC1c1ccc(Cl)cc1)c1c[nH]c2ccccc12. The topological polar surface area (TPSA) is 98.1 Å². The second-order valence-electron chi connectivity index (χ2n) is 6.35. The smallest absolute Gasteiger partial charge is 0.271 e. The predicted molar refractivity (Wildman–Crippen MR) is 103 cm³/mol. The minimum absolute atomic E-state index is 0.216. The van der Waals surface area contributed by atoms with Crippen LogP contribution in [0.25, 0.3) is 10.9 Å². The van der Waals surface area contributed by atoms with Crippen molar-refractivity contribution in [2.24, 2.45) is 5.92 Å². The van der Waals surface area contributed by atoms with Crippen LogP contribution in [0.1, 0.15) is 22.0 Å². The first-order valence-corrected chi connectivity index (χ1v) is 8.91. The fourth-order valence-electron chi connectivity index (χ4n) is 3.26. The quantitative estimate of drug-likeness (QED) is 0.447. The van der Waals surface area contributed by atoms with Gasteiger partial charge in [0.25, 0.3) is 5.91 Å². The van der Waals surface area contributed by atoms with Crippen molar-refractivity contribution in [1.29, 1.82) is 0 Å². The van der Waals surface area contributed by atoms with E-state index in [-0.39, 0.29) is 23.8 Å². The standard InChI is InChI=1S/C19H18ClN5O2/c20-12-7-5-11(6-8-12)17-15(10-22-23-17)19(27)25-24-18(26)14-9-21-16-4-2-1-3-13(14)16/h1-9,15,17,21-23H,10H2,(H,24,26)(H,25,27). The van der Waals surface area contributed by atoms with Gasteiger partial charge < -0.3 is 4.98 Å². The Morgan fingerprint density at radius 3 is 2.63 bits per heavy atom. The summed E-state index contributed by atoms with van der Waals surface area (Å²) in [5.74, 6) is -1.03. The van der Waals surface area contributed by atoms with Gasteiger partial charge in [0, 0.05) is 28.7 Å². The van der Waals surface area contributed by atoms with E-state index in [1.54, 1.807) is 18.3 Å². The van der Waals surface area contributed by atoms with Gasteiger partial charge in [0.1, 0.15) is 0 Å². The lowest BCUT2D eigenvalue weighted by atomic mass is 9.94. The number of hydrazine groups is 2. The van der Waals surface area contributed by atoms with Gasteiger partial charge in [-0.3, -0.25) is 25.9 Å². The second-order valence-corrected chi connectivity index (χ2v) is 6.79. The summed E-state index contributed by atoms with van der Waals surface area (Å²) in [5.41, 5.74) is 13.4. The number of nitrogens with one attached hydrogen (secondary N) is 5. The number of aromatic nitrogens is 1. The van der Waals surface area contributed by atoms with Crippen LogP contribution in [0, 0.1) is 5.92 Å². The first-order valence-electron chi connectivity index (χ1n) is 8.53. The highest BCUT2D eigenvalue weighted by Gasteiger charge is 2.34. The molecule has 1 saturated heterocycles. The molecule has 1 aliphatic heterocycles. The summed E-state index contributed by atoms with van der Waals surface area (Å²) >= 11 is 5.93. The molecule has 4 rings (SSSR count). The molecule has 1 aromatic heterocycles. The summed E-state index contributed by atoms with van der Waals surface area (Å²) in [6.45, 7) is 0.447. The molecule has 27 heavy (non-hydrogen) atoms. The van der Waals surface area contributed by atoms with Crippen molar-refractivity contribution in [3.63, 3.8) is 0 Å². The van der Waals surface area contributed by atoms with E-state index in [4.69, 9.17) is 11.6 Å². The third-order valence-corrected chi connectivity index (χ3v) is 4.93. The molecule has 2 amide bonds. The largest absolute Gasteiger partial charge is 0.360 e. The van der Waals surface area contributed by atoms with Crippen LogP contribution in [0.4, 0.5) is 0 Å².